The lowest BCUT2D eigenvalue weighted by Gasteiger charge is -2.15. The van der Waals surface area contributed by atoms with E-state index in [0.717, 1.165) is 32.5 Å². The van der Waals surface area contributed by atoms with Crippen molar-refractivity contribution in [3.63, 3.8) is 0 Å². The van der Waals surface area contributed by atoms with Gasteiger partial charge in [-0.3, -0.25) is 0 Å². The van der Waals surface area contributed by atoms with E-state index in [-0.39, 0.29) is 11.9 Å². The Hall–Kier alpha value is -1.81. The van der Waals surface area contributed by atoms with Crippen LogP contribution in [0.1, 0.15) is 24.3 Å². The molecule has 3 rings (SSSR count). The van der Waals surface area contributed by atoms with Crippen LogP contribution in [0, 0.1) is 12.7 Å². The Morgan fingerprint density at radius 1 is 1.14 bits per heavy atom. The second kappa shape index (κ2) is 5.53. The van der Waals surface area contributed by atoms with Crippen LogP contribution in [0.15, 0.2) is 51.4 Å². The van der Waals surface area contributed by atoms with Crippen LogP contribution in [0.3, 0.4) is 0 Å². The first kappa shape index (κ1) is 14.1. The molecule has 2 nitrogen and oxygen atoms in total. The predicted octanol–water partition coefficient (Wildman–Crippen LogP) is 5.82. The molecule has 0 radical (unpaired) electrons. The molecule has 1 aromatic heterocycles. The lowest BCUT2D eigenvalue weighted by molar-refractivity contribution is 0.526. The summed E-state index contributed by atoms with van der Waals surface area (Å²) < 4.78 is 20.0. The fraction of sp³-hybridized carbons (Fsp3) is 0.176. The van der Waals surface area contributed by atoms with Crippen molar-refractivity contribution < 1.29 is 8.81 Å². The number of furan rings is 1. The molecule has 108 valence electrons. The van der Waals surface area contributed by atoms with Crippen LogP contribution in [-0.2, 0) is 0 Å². The molecule has 1 atom stereocenters. The number of hydrogen-bond acceptors (Lipinski definition) is 2. The number of aryl methyl sites for hydroxylation is 1. The topological polar surface area (TPSA) is 25.2 Å². The molecule has 0 aliphatic carbocycles. The highest BCUT2D eigenvalue weighted by Crippen LogP contribution is 2.29. The van der Waals surface area contributed by atoms with Crippen molar-refractivity contribution in [3.8, 4) is 0 Å². The largest absolute Gasteiger partial charge is 0.459 e. The van der Waals surface area contributed by atoms with Crippen LogP contribution >= 0.6 is 15.9 Å². The van der Waals surface area contributed by atoms with Crippen molar-refractivity contribution in [2.75, 3.05) is 5.32 Å². The molecular weight excluding hydrogens is 333 g/mol. The van der Waals surface area contributed by atoms with Gasteiger partial charge in [0.1, 0.15) is 17.2 Å². The number of hydrogen-bond donors (Lipinski definition) is 1. The number of fused-ring (bicyclic) bond motifs is 1. The van der Waals surface area contributed by atoms with Gasteiger partial charge in [-0.25, -0.2) is 4.39 Å². The van der Waals surface area contributed by atoms with E-state index in [2.05, 4.69) is 21.2 Å². The number of halogens is 2. The van der Waals surface area contributed by atoms with Gasteiger partial charge in [0.25, 0.3) is 0 Å². The van der Waals surface area contributed by atoms with Gasteiger partial charge >= 0.3 is 0 Å². The third kappa shape index (κ3) is 2.95. The minimum Gasteiger partial charge on any atom is -0.459 e. The van der Waals surface area contributed by atoms with Crippen molar-refractivity contribution in [1.82, 2.24) is 0 Å². The zero-order chi connectivity index (χ0) is 15.0. The van der Waals surface area contributed by atoms with Crippen molar-refractivity contribution >= 4 is 32.6 Å². The zero-order valence-electron chi connectivity index (χ0n) is 11.8. The maximum Gasteiger partial charge on any atom is 0.134 e. The third-order valence-electron chi connectivity index (χ3n) is 3.48. The smallest absolute Gasteiger partial charge is 0.134 e. The molecule has 21 heavy (non-hydrogen) atoms. The average Bonchev–Trinajstić information content (AvgIpc) is 2.85. The fourth-order valence-electron chi connectivity index (χ4n) is 2.34. The van der Waals surface area contributed by atoms with Gasteiger partial charge in [-0.2, -0.15) is 0 Å². The van der Waals surface area contributed by atoms with Crippen LogP contribution in [0.4, 0.5) is 10.1 Å². The number of benzene rings is 2. The van der Waals surface area contributed by atoms with Gasteiger partial charge in [0.2, 0.25) is 0 Å². The average molecular weight is 348 g/mol. The van der Waals surface area contributed by atoms with Crippen LogP contribution in [-0.4, -0.2) is 0 Å². The zero-order valence-corrected chi connectivity index (χ0v) is 13.4. The molecule has 1 unspecified atom stereocenters. The van der Waals surface area contributed by atoms with Crippen molar-refractivity contribution in [1.29, 1.82) is 0 Å². The first-order valence-corrected chi connectivity index (χ1v) is 7.54. The van der Waals surface area contributed by atoms with Crippen LogP contribution in [0.25, 0.3) is 11.0 Å². The summed E-state index contributed by atoms with van der Waals surface area (Å²) in [5.41, 5.74) is 2.64. The van der Waals surface area contributed by atoms with E-state index in [4.69, 9.17) is 4.42 Å². The SMILES string of the molecule is Cc1cc(F)ccc1NC(C)c1cc2cc(Br)ccc2o1. The minimum atomic E-state index is -0.223. The molecule has 1 N–H and O–H groups in total. The van der Waals surface area contributed by atoms with Crippen molar-refractivity contribution in [2.45, 2.75) is 19.9 Å². The molecule has 3 aromatic rings. The second-order valence-corrected chi connectivity index (χ2v) is 6.07. The predicted molar refractivity (Wildman–Crippen MR) is 87.1 cm³/mol. The van der Waals surface area contributed by atoms with E-state index in [1.807, 2.05) is 38.1 Å². The molecule has 0 bridgehead atoms. The van der Waals surface area contributed by atoms with Gasteiger partial charge in [-0.05, 0) is 61.9 Å². The number of rotatable bonds is 3. The molecule has 0 aliphatic heterocycles. The second-order valence-electron chi connectivity index (χ2n) is 5.16. The Balaban J connectivity index is 1.87. The summed E-state index contributed by atoms with van der Waals surface area (Å²) >= 11 is 3.46. The third-order valence-corrected chi connectivity index (χ3v) is 3.98. The van der Waals surface area contributed by atoms with E-state index in [9.17, 15) is 4.39 Å². The van der Waals surface area contributed by atoms with E-state index in [1.54, 1.807) is 6.07 Å². The first-order chi connectivity index (χ1) is 10.0. The molecule has 0 aliphatic rings. The van der Waals surface area contributed by atoms with Gasteiger partial charge < -0.3 is 9.73 Å². The summed E-state index contributed by atoms with van der Waals surface area (Å²) in [6.07, 6.45) is 0. The first-order valence-electron chi connectivity index (χ1n) is 6.74. The lowest BCUT2D eigenvalue weighted by atomic mass is 10.1. The number of nitrogens with one attached hydrogen (secondary N) is 1. The fourth-order valence-corrected chi connectivity index (χ4v) is 2.72. The Kier molecular flexibility index (Phi) is 3.72. The van der Waals surface area contributed by atoms with Crippen molar-refractivity contribution in [2.24, 2.45) is 0 Å². The Morgan fingerprint density at radius 2 is 1.95 bits per heavy atom. The summed E-state index contributed by atoms with van der Waals surface area (Å²) in [5, 5.41) is 4.42. The highest BCUT2D eigenvalue weighted by atomic mass is 79.9. The molecule has 4 heteroatoms. The molecule has 0 saturated heterocycles. The maximum atomic E-state index is 13.1. The Bertz CT molecular complexity index is 797. The summed E-state index contributed by atoms with van der Waals surface area (Å²) in [6.45, 7) is 3.91. The van der Waals surface area contributed by atoms with Gasteiger partial charge in [0, 0.05) is 15.5 Å². The molecule has 0 fully saturated rings. The Labute approximate surface area is 131 Å². The normalized spacial score (nSPS) is 12.6. The van der Waals surface area contributed by atoms with Gasteiger partial charge in [-0.15, -0.1) is 0 Å². The van der Waals surface area contributed by atoms with Crippen molar-refractivity contribution in [3.05, 3.63) is 64.1 Å². The van der Waals surface area contributed by atoms with E-state index in [1.165, 1.54) is 12.1 Å². The lowest BCUT2D eigenvalue weighted by Crippen LogP contribution is -2.06. The quantitative estimate of drug-likeness (QED) is 0.646. The standard InChI is InChI=1S/C17H15BrFNO/c1-10-7-14(19)4-5-15(10)20-11(2)17-9-12-8-13(18)3-6-16(12)21-17/h3-9,11,20H,1-2H3. The molecular formula is C17H15BrFNO. The Morgan fingerprint density at radius 3 is 2.71 bits per heavy atom. The summed E-state index contributed by atoms with van der Waals surface area (Å²) in [7, 11) is 0. The highest BCUT2D eigenvalue weighted by Gasteiger charge is 2.13. The summed E-state index contributed by atoms with van der Waals surface area (Å²) in [5.74, 6) is 0.631. The molecule has 0 saturated carbocycles. The summed E-state index contributed by atoms with van der Waals surface area (Å²) in [6, 6.07) is 12.7. The molecule has 2 aromatic carbocycles. The van der Waals surface area contributed by atoms with E-state index >= 15 is 0 Å². The van der Waals surface area contributed by atoms with Gasteiger partial charge in [0.05, 0.1) is 6.04 Å². The van der Waals surface area contributed by atoms with Crippen LogP contribution < -0.4 is 5.32 Å². The van der Waals surface area contributed by atoms with Crippen LogP contribution in [0.5, 0.6) is 0 Å². The highest BCUT2D eigenvalue weighted by molar-refractivity contribution is 9.10. The molecule has 0 spiro atoms. The van der Waals surface area contributed by atoms with E-state index in [0.29, 0.717) is 0 Å². The summed E-state index contributed by atoms with van der Waals surface area (Å²) in [4.78, 5) is 0. The monoisotopic (exact) mass is 347 g/mol. The number of anilines is 1. The molecule has 0 amide bonds. The minimum absolute atomic E-state index is 0.000312. The molecule has 1 heterocycles. The van der Waals surface area contributed by atoms with E-state index < -0.39 is 0 Å². The van der Waals surface area contributed by atoms with Crippen LogP contribution in [0.2, 0.25) is 0 Å². The van der Waals surface area contributed by atoms with Gasteiger partial charge in [0.15, 0.2) is 0 Å². The maximum absolute atomic E-state index is 13.1. The van der Waals surface area contributed by atoms with Gasteiger partial charge in [-0.1, -0.05) is 15.9 Å².